The summed E-state index contributed by atoms with van der Waals surface area (Å²) >= 11 is 5.79. The first-order chi connectivity index (χ1) is 10.2. The minimum absolute atomic E-state index is 0.0252. The van der Waals surface area contributed by atoms with Crippen LogP contribution < -0.4 is 0 Å². The fourth-order valence-corrected chi connectivity index (χ4v) is 2.71. The van der Waals surface area contributed by atoms with Crippen molar-refractivity contribution in [1.29, 1.82) is 0 Å². The van der Waals surface area contributed by atoms with Gasteiger partial charge in [-0.2, -0.15) is 20.5 Å². The van der Waals surface area contributed by atoms with Crippen molar-refractivity contribution >= 4 is 17.5 Å². The number of nitrogens with zero attached hydrogens (tertiary/aromatic N) is 5. The van der Waals surface area contributed by atoms with Crippen LogP contribution in [0.1, 0.15) is 11.6 Å². The smallest absolute Gasteiger partial charge is 0.244 e. The van der Waals surface area contributed by atoms with Gasteiger partial charge in [0.1, 0.15) is 6.54 Å². The summed E-state index contributed by atoms with van der Waals surface area (Å²) in [6.45, 7) is 1.25. The summed E-state index contributed by atoms with van der Waals surface area (Å²) in [6, 6.07) is 0. The molecule has 1 saturated heterocycles. The highest BCUT2D eigenvalue weighted by Gasteiger charge is 2.37. The normalized spacial score (nSPS) is 21.9. The molecule has 0 bridgehead atoms. The molecule has 3 rings (SSSR count). The number of amides is 1. The van der Waals surface area contributed by atoms with Crippen LogP contribution in [0.3, 0.4) is 0 Å². The first-order valence-electron chi connectivity index (χ1n) is 6.51. The minimum atomic E-state index is -0.0831. The highest BCUT2D eigenvalue weighted by atomic mass is 35.5. The van der Waals surface area contributed by atoms with Crippen LogP contribution in [0.25, 0.3) is 0 Å². The van der Waals surface area contributed by atoms with E-state index in [1.807, 2.05) is 0 Å². The van der Waals surface area contributed by atoms with Crippen LogP contribution in [0.2, 0.25) is 5.02 Å². The molecule has 0 aliphatic carbocycles. The molecule has 21 heavy (non-hydrogen) atoms. The zero-order valence-electron chi connectivity index (χ0n) is 11.4. The fraction of sp³-hybridized carbons (Fsp3) is 0.500. The number of hydrogen-bond donors (Lipinski definition) is 1. The summed E-state index contributed by atoms with van der Waals surface area (Å²) in [7, 11) is 1.64. The molecule has 0 aromatic carbocycles. The largest absolute Gasteiger partial charge is 0.379 e. The molecule has 2 atom stereocenters. The Hall–Kier alpha value is -1.93. The number of carbonyl (C=O) groups excluding carboxylic acids is 1. The van der Waals surface area contributed by atoms with E-state index in [-0.39, 0.29) is 24.5 Å². The van der Waals surface area contributed by atoms with Crippen molar-refractivity contribution in [2.45, 2.75) is 18.6 Å². The molecule has 3 heterocycles. The Morgan fingerprint density at radius 3 is 3.00 bits per heavy atom. The topological polar surface area (TPSA) is 88.9 Å². The lowest BCUT2D eigenvalue weighted by Crippen LogP contribution is -2.33. The van der Waals surface area contributed by atoms with Gasteiger partial charge >= 0.3 is 0 Å². The molecule has 1 aliphatic heterocycles. The number of ether oxygens (including phenoxy) is 1. The third-order valence-corrected chi connectivity index (χ3v) is 3.83. The quantitative estimate of drug-likeness (QED) is 0.877. The molecule has 1 aliphatic rings. The zero-order chi connectivity index (χ0) is 14.8. The number of nitrogens with one attached hydrogen (secondary N) is 1. The second-order valence-electron chi connectivity index (χ2n) is 4.93. The number of H-pyrrole nitrogens is 1. The summed E-state index contributed by atoms with van der Waals surface area (Å²) < 4.78 is 6.99. The fourth-order valence-electron chi connectivity index (χ4n) is 2.55. The van der Waals surface area contributed by atoms with Crippen LogP contribution >= 0.6 is 11.6 Å². The first-order valence-corrected chi connectivity index (χ1v) is 6.89. The Morgan fingerprint density at radius 2 is 2.38 bits per heavy atom. The number of hydrogen-bond acceptors (Lipinski definition) is 5. The van der Waals surface area contributed by atoms with E-state index in [4.69, 9.17) is 16.3 Å². The van der Waals surface area contributed by atoms with Gasteiger partial charge in [0.25, 0.3) is 0 Å². The maximum atomic E-state index is 12.3. The molecule has 2 aromatic rings. The van der Waals surface area contributed by atoms with Crippen molar-refractivity contribution in [2.75, 3.05) is 20.2 Å². The molecule has 112 valence electrons. The Bertz CT molecular complexity index is 613. The molecule has 9 heteroatoms. The van der Waals surface area contributed by atoms with E-state index >= 15 is 0 Å². The Labute approximate surface area is 126 Å². The molecule has 1 fully saturated rings. The van der Waals surface area contributed by atoms with Crippen LogP contribution in [-0.4, -0.2) is 62.3 Å². The Morgan fingerprint density at radius 1 is 1.52 bits per heavy atom. The van der Waals surface area contributed by atoms with Crippen LogP contribution in [0.15, 0.2) is 18.6 Å². The lowest BCUT2D eigenvalue weighted by Gasteiger charge is -2.15. The van der Waals surface area contributed by atoms with E-state index in [1.54, 1.807) is 24.4 Å². The molecule has 0 saturated carbocycles. The zero-order valence-corrected chi connectivity index (χ0v) is 12.2. The molecular formula is C12H15ClN6O2. The van der Waals surface area contributed by atoms with E-state index < -0.39 is 0 Å². The molecule has 2 aromatic heterocycles. The van der Waals surface area contributed by atoms with Gasteiger partial charge in [-0.05, 0) is 0 Å². The maximum absolute atomic E-state index is 12.3. The highest BCUT2D eigenvalue weighted by Crippen LogP contribution is 2.27. The van der Waals surface area contributed by atoms with Crippen molar-refractivity contribution in [1.82, 2.24) is 30.1 Å². The van der Waals surface area contributed by atoms with Crippen molar-refractivity contribution in [3.05, 3.63) is 29.3 Å². The van der Waals surface area contributed by atoms with E-state index in [1.165, 1.54) is 10.9 Å². The van der Waals surface area contributed by atoms with Gasteiger partial charge in [-0.25, -0.2) is 0 Å². The molecular weight excluding hydrogens is 296 g/mol. The van der Waals surface area contributed by atoms with Gasteiger partial charge in [-0.15, -0.1) is 0 Å². The number of aromatic amines is 1. The van der Waals surface area contributed by atoms with Gasteiger partial charge in [0.15, 0.2) is 0 Å². The summed E-state index contributed by atoms with van der Waals surface area (Å²) in [6.07, 6.45) is 4.71. The molecule has 8 nitrogen and oxygen atoms in total. The van der Waals surface area contributed by atoms with Gasteiger partial charge in [0, 0.05) is 26.4 Å². The highest BCUT2D eigenvalue weighted by molar-refractivity contribution is 6.30. The van der Waals surface area contributed by atoms with Gasteiger partial charge in [-0.3, -0.25) is 9.48 Å². The number of carbonyl (C=O) groups is 1. The number of methoxy groups -OCH3 is 1. The lowest BCUT2D eigenvalue weighted by atomic mass is 10.0. The van der Waals surface area contributed by atoms with Crippen LogP contribution in [0.4, 0.5) is 0 Å². The van der Waals surface area contributed by atoms with E-state index in [9.17, 15) is 4.79 Å². The third-order valence-electron chi connectivity index (χ3n) is 3.63. The maximum Gasteiger partial charge on any atom is 0.244 e. The molecule has 0 radical (unpaired) electrons. The van der Waals surface area contributed by atoms with Crippen molar-refractivity contribution < 1.29 is 9.53 Å². The van der Waals surface area contributed by atoms with Crippen molar-refractivity contribution in [3.8, 4) is 0 Å². The average Bonchev–Trinajstić information content (AvgIpc) is 3.17. The number of aromatic nitrogens is 5. The van der Waals surface area contributed by atoms with Crippen molar-refractivity contribution in [2.24, 2.45) is 0 Å². The van der Waals surface area contributed by atoms with E-state index in [0.29, 0.717) is 18.1 Å². The Balaban J connectivity index is 1.68. The summed E-state index contributed by atoms with van der Waals surface area (Å²) in [5, 5.41) is 15.0. The standard InChI is InChI=1S/C12H15ClN6O2/c1-21-11-6-18(5-9(11)10-3-14-17-16-10)12(20)7-19-4-8(13)2-15-19/h2-4,9,11H,5-7H2,1H3,(H,14,16,17)/t9-,11+/m0/s1. The second-order valence-corrected chi connectivity index (χ2v) is 5.37. The van der Waals surface area contributed by atoms with E-state index in [0.717, 1.165) is 5.69 Å². The van der Waals surface area contributed by atoms with Gasteiger partial charge in [-0.1, -0.05) is 11.6 Å². The van der Waals surface area contributed by atoms with E-state index in [2.05, 4.69) is 20.5 Å². The van der Waals surface area contributed by atoms with Crippen LogP contribution in [-0.2, 0) is 16.1 Å². The number of likely N-dealkylation sites (tertiary alicyclic amines) is 1. The predicted octanol–water partition coefficient (Wildman–Crippen LogP) is 0.296. The molecule has 0 unspecified atom stereocenters. The van der Waals surface area contributed by atoms with Crippen LogP contribution in [0.5, 0.6) is 0 Å². The number of rotatable bonds is 4. The molecule has 0 spiro atoms. The molecule has 1 N–H and O–H groups in total. The predicted molar refractivity (Wildman–Crippen MR) is 73.7 cm³/mol. The average molecular weight is 311 g/mol. The third kappa shape index (κ3) is 2.91. The first kappa shape index (κ1) is 14.0. The summed E-state index contributed by atoms with van der Waals surface area (Å²) in [5.41, 5.74) is 0.805. The lowest BCUT2D eigenvalue weighted by molar-refractivity contribution is -0.131. The Kier molecular flexibility index (Phi) is 3.89. The van der Waals surface area contributed by atoms with Gasteiger partial charge < -0.3 is 9.64 Å². The van der Waals surface area contributed by atoms with Gasteiger partial charge in [0.05, 0.1) is 35.1 Å². The van der Waals surface area contributed by atoms with Crippen LogP contribution in [0, 0.1) is 0 Å². The van der Waals surface area contributed by atoms with Gasteiger partial charge in [0.2, 0.25) is 5.91 Å². The SMILES string of the molecule is CO[C@@H]1CN(C(=O)Cn2cc(Cl)cn2)C[C@H]1c1cn[nH]n1. The molecule has 1 amide bonds. The second kappa shape index (κ2) is 5.82. The minimum Gasteiger partial charge on any atom is -0.379 e. The summed E-state index contributed by atoms with van der Waals surface area (Å²) in [5.74, 6) is 0.00159. The number of halogens is 1. The monoisotopic (exact) mass is 310 g/mol. The van der Waals surface area contributed by atoms with Crippen molar-refractivity contribution in [3.63, 3.8) is 0 Å². The summed E-state index contributed by atoms with van der Waals surface area (Å²) in [4.78, 5) is 14.1.